The van der Waals surface area contributed by atoms with Crippen molar-refractivity contribution in [3.8, 4) is 11.5 Å². The highest BCUT2D eigenvalue weighted by atomic mass is 32.1. The number of nitrogens with zero attached hydrogens (tertiary/aromatic N) is 4. The van der Waals surface area contributed by atoms with Crippen molar-refractivity contribution in [2.45, 2.75) is 13.0 Å². The molecule has 3 rings (SSSR count). The minimum absolute atomic E-state index is 0.167. The van der Waals surface area contributed by atoms with E-state index >= 15 is 0 Å². The predicted octanol–water partition coefficient (Wildman–Crippen LogP) is 1.51. The lowest BCUT2D eigenvalue weighted by Gasteiger charge is -2.10. The number of ether oxygens (including phenoxy) is 2. The maximum atomic E-state index is 12.2. The standard InChI is InChI=1S/C14H14N4O3S/c1-20-10-4-3-9(7-11(10)21-2)5-6-18-8-15-13-12(14(18)19)16-17-22-13/h3-4,7-8H,5-6H2,1-2H3. The van der Waals surface area contributed by atoms with Crippen molar-refractivity contribution in [2.24, 2.45) is 0 Å². The smallest absolute Gasteiger partial charge is 0.282 e. The van der Waals surface area contributed by atoms with Crippen LogP contribution in [0, 0.1) is 0 Å². The summed E-state index contributed by atoms with van der Waals surface area (Å²) in [6.45, 7) is 0.509. The molecule has 0 amide bonds. The molecule has 2 aromatic heterocycles. The molecule has 0 aliphatic heterocycles. The van der Waals surface area contributed by atoms with E-state index < -0.39 is 0 Å². The Bertz CT molecular complexity index is 859. The third-order valence-corrected chi connectivity index (χ3v) is 3.97. The largest absolute Gasteiger partial charge is 0.493 e. The highest BCUT2D eigenvalue weighted by Gasteiger charge is 2.09. The van der Waals surface area contributed by atoms with Crippen molar-refractivity contribution in [2.75, 3.05) is 14.2 Å². The Morgan fingerprint density at radius 3 is 2.82 bits per heavy atom. The Labute approximate surface area is 130 Å². The van der Waals surface area contributed by atoms with Crippen LogP contribution in [0.1, 0.15) is 5.56 Å². The maximum absolute atomic E-state index is 12.2. The molecule has 2 heterocycles. The van der Waals surface area contributed by atoms with E-state index in [1.165, 1.54) is 6.33 Å². The topological polar surface area (TPSA) is 79.1 Å². The normalized spacial score (nSPS) is 10.8. The van der Waals surface area contributed by atoms with Gasteiger partial charge in [0.25, 0.3) is 5.56 Å². The van der Waals surface area contributed by atoms with Crippen LogP contribution in [0.15, 0.2) is 29.3 Å². The minimum atomic E-state index is -0.167. The molecule has 0 unspecified atom stereocenters. The fraction of sp³-hybridized carbons (Fsp3) is 0.286. The number of hydrogen-bond donors (Lipinski definition) is 0. The summed E-state index contributed by atoms with van der Waals surface area (Å²) < 4.78 is 15.8. The van der Waals surface area contributed by atoms with Gasteiger partial charge in [0.15, 0.2) is 21.8 Å². The Hall–Kier alpha value is -2.48. The number of benzene rings is 1. The Morgan fingerprint density at radius 1 is 1.23 bits per heavy atom. The van der Waals surface area contributed by atoms with Gasteiger partial charge in [-0.25, -0.2) is 4.98 Å². The van der Waals surface area contributed by atoms with Gasteiger partial charge < -0.3 is 9.47 Å². The van der Waals surface area contributed by atoms with E-state index in [-0.39, 0.29) is 5.56 Å². The number of rotatable bonds is 5. The van der Waals surface area contributed by atoms with Gasteiger partial charge in [-0.1, -0.05) is 10.6 Å². The van der Waals surface area contributed by atoms with Gasteiger partial charge in [0.2, 0.25) is 0 Å². The number of fused-ring (bicyclic) bond motifs is 1. The second-order valence-corrected chi connectivity index (χ2v) is 5.34. The summed E-state index contributed by atoms with van der Waals surface area (Å²) in [5.41, 5.74) is 1.19. The maximum Gasteiger partial charge on any atom is 0.282 e. The van der Waals surface area contributed by atoms with Crippen LogP contribution in [-0.2, 0) is 13.0 Å². The second kappa shape index (κ2) is 6.10. The number of methoxy groups -OCH3 is 2. The van der Waals surface area contributed by atoms with Crippen LogP contribution >= 0.6 is 11.5 Å². The van der Waals surface area contributed by atoms with Gasteiger partial charge in [0.1, 0.15) is 0 Å². The van der Waals surface area contributed by atoms with E-state index in [0.717, 1.165) is 17.1 Å². The lowest BCUT2D eigenvalue weighted by Crippen LogP contribution is -2.21. The highest BCUT2D eigenvalue weighted by Crippen LogP contribution is 2.27. The molecule has 0 spiro atoms. The van der Waals surface area contributed by atoms with E-state index in [1.54, 1.807) is 18.8 Å². The monoisotopic (exact) mass is 318 g/mol. The summed E-state index contributed by atoms with van der Waals surface area (Å²) in [7, 11) is 3.19. The molecule has 114 valence electrons. The molecule has 0 aliphatic carbocycles. The SMILES string of the molecule is COc1ccc(CCn2cnc3snnc3c2=O)cc1OC. The number of hydrogen-bond acceptors (Lipinski definition) is 7. The second-order valence-electron chi connectivity index (χ2n) is 4.61. The molecule has 0 atom stereocenters. The van der Waals surface area contributed by atoms with Crippen molar-refractivity contribution in [1.82, 2.24) is 19.1 Å². The van der Waals surface area contributed by atoms with Crippen LogP contribution in [0.2, 0.25) is 0 Å². The van der Waals surface area contributed by atoms with E-state index in [1.807, 2.05) is 18.2 Å². The molecule has 1 aromatic carbocycles. The van der Waals surface area contributed by atoms with E-state index in [9.17, 15) is 4.79 Å². The van der Waals surface area contributed by atoms with Crippen LogP contribution in [0.3, 0.4) is 0 Å². The van der Waals surface area contributed by atoms with Gasteiger partial charge >= 0.3 is 0 Å². The minimum Gasteiger partial charge on any atom is -0.493 e. The third kappa shape index (κ3) is 2.64. The third-order valence-electron chi connectivity index (χ3n) is 3.34. The van der Waals surface area contributed by atoms with Crippen molar-refractivity contribution in [3.63, 3.8) is 0 Å². The molecule has 0 fully saturated rings. The first-order valence-corrected chi connectivity index (χ1v) is 7.38. The fourth-order valence-corrected chi connectivity index (χ4v) is 2.67. The van der Waals surface area contributed by atoms with Crippen LogP contribution in [0.5, 0.6) is 11.5 Å². The summed E-state index contributed by atoms with van der Waals surface area (Å²) in [4.78, 5) is 17.0. The summed E-state index contributed by atoms with van der Waals surface area (Å²) in [6, 6.07) is 5.70. The van der Waals surface area contributed by atoms with Gasteiger partial charge in [-0.2, -0.15) is 0 Å². The van der Waals surface area contributed by atoms with Crippen molar-refractivity contribution in [1.29, 1.82) is 0 Å². The zero-order valence-corrected chi connectivity index (χ0v) is 13.0. The molecule has 0 bridgehead atoms. The first-order chi connectivity index (χ1) is 10.7. The lowest BCUT2D eigenvalue weighted by molar-refractivity contribution is 0.354. The Kier molecular flexibility index (Phi) is 4.01. The van der Waals surface area contributed by atoms with E-state index in [0.29, 0.717) is 34.8 Å². The highest BCUT2D eigenvalue weighted by molar-refractivity contribution is 7.12. The lowest BCUT2D eigenvalue weighted by atomic mass is 10.1. The molecule has 0 aliphatic rings. The van der Waals surface area contributed by atoms with Gasteiger partial charge in [-0.15, -0.1) is 5.10 Å². The molecule has 8 heteroatoms. The molecule has 0 saturated heterocycles. The van der Waals surface area contributed by atoms with Crippen LogP contribution < -0.4 is 15.0 Å². The van der Waals surface area contributed by atoms with Crippen LogP contribution in [0.4, 0.5) is 0 Å². The summed E-state index contributed by atoms with van der Waals surface area (Å²) >= 11 is 1.12. The predicted molar refractivity (Wildman–Crippen MR) is 82.7 cm³/mol. The first-order valence-electron chi connectivity index (χ1n) is 6.61. The first kappa shape index (κ1) is 14.5. The summed E-state index contributed by atoms with van der Waals surface area (Å²) in [5.74, 6) is 1.35. The van der Waals surface area contributed by atoms with Gasteiger partial charge in [0.05, 0.1) is 20.5 Å². The molecule has 0 saturated carbocycles. The average Bonchev–Trinajstić information content (AvgIpc) is 3.03. The summed E-state index contributed by atoms with van der Waals surface area (Å²) in [5, 5.41) is 3.82. The average molecular weight is 318 g/mol. The van der Waals surface area contributed by atoms with Crippen LogP contribution in [-0.4, -0.2) is 33.4 Å². The van der Waals surface area contributed by atoms with E-state index in [4.69, 9.17) is 9.47 Å². The molecular weight excluding hydrogens is 304 g/mol. The van der Waals surface area contributed by atoms with Gasteiger partial charge in [-0.05, 0) is 24.1 Å². The summed E-state index contributed by atoms with van der Waals surface area (Å²) in [6.07, 6.45) is 2.20. The van der Waals surface area contributed by atoms with Crippen molar-refractivity contribution >= 4 is 21.9 Å². The zero-order chi connectivity index (χ0) is 15.5. The Morgan fingerprint density at radius 2 is 2.05 bits per heavy atom. The van der Waals surface area contributed by atoms with Crippen LogP contribution in [0.25, 0.3) is 10.3 Å². The molecular formula is C14H14N4O3S. The molecule has 0 radical (unpaired) electrons. The molecule has 0 N–H and O–H groups in total. The Balaban J connectivity index is 1.82. The fourth-order valence-electron chi connectivity index (χ4n) is 2.16. The van der Waals surface area contributed by atoms with Gasteiger partial charge in [0, 0.05) is 18.1 Å². The number of aryl methyl sites for hydroxylation is 2. The number of aromatic nitrogens is 4. The molecule has 3 aromatic rings. The molecule has 22 heavy (non-hydrogen) atoms. The van der Waals surface area contributed by atoms with Crippen molar-refractivity contribution in [3.05, 3.63) is 40.4 Å². The van der Waals surface area contributed by atoms with Crippen molar-refractivity contribution < 1.29 is 9.47 Å². The van der Waals surface area contributed by atoms with Gasteiger partial charge in [-0.3, -0.25) is 9.36 Å². The quantitative estimate of drug-likeness (QED) is 0.709. The van der Waals surface area contributed by atoms with E-state index in [2.05, 4.69) is 14.6 Å². The zero-order valence-electron chi connectivity index (χ0n) is 12.1. The molecule has 7 nitrogen and oxygen atoms in total.